The first-order valence-corrected chi connectivity index (χ1v) is 6.64. The monoisotopic (exact) mass is 248 g/mol. The van der Waals surface area contributed by atoms with Crippen LogP contribution in [0.3, 0.4) is 0 Å². The Balaban J connectivity index is 2.47. The van der Waals surface area contributed by atoms with Crippen LogP contribution in [0.1, 0.15) is 16.7 Å². The fourth-order valence-electron chi connectivity index (χ4n) is 0.756. The molecule has 0 aromatic carbocycles. The zero-order valence-corrected chi connectivity index (χ0v) is 10.0. The Kier molecular flexibility index (Phi) is 4.15. The second-order valence-corrected chi connectivity index (χ2v) is 5.78. The largest absolute Gasteiger partial charge is 0.374 e. The molecule has 0 aliphatic rings. The van der Waals surface area contributed by atoms with E-state index in [9.17, 15) is 9.00 Å². The first-order valence-electron chi connectivity index (χ1n) is 4.20. The highest BCUT2D eigenvalue weighted by Crippen LogP contribution is 2.10. The van der Waals surface area contributed by atoms with Gasteiger partial charge in [0.25, 0.3) is 5.91 Å². The SMILES string of the molecule is CC(CNC(=O)c1nnc(N)s1)S(C)=O. The highest BCUT2D eigenvalue weighted by Gasteiger charge is 2.13. The van der Waals surface area contributed by atoms with Crippen LogP contribution >= 0.6 is 11.3 Å². The van der Waals surface area contributed by atoms with E-state index in [2.05, 4.69) is 15.5 Å². The van der Waals surface area contributed by atoms with Crippen LogP contribution in [0.4, 0.5) is 5.13 Å². The van der Waals surface area contributed by atoms with Gasteiger partial charge in [0.2, 0.25) is 10.1 Å². The summed E-state index contributed by atoms with van der Waals surface area (Å²) in [5.41, 5.74) is 5.34. The molecule has 1 aromatic rings. The van der Waals surface area contributed by atoms with Crippen LogP contribution in [0.2, 0.25) is 0 Å². The molecule has 0 spiro atoms. The molecule has 1 heterocycles. The minimum atomic E-state index is -0.950. The minimum Gasteiger partial charge on any atom is -0.374 e. The third-order valence-corrected chi connectivity index (χ3v) is 3.80. The Bertz CT molecular complexity index is 379. The summed E-state index contributed by atoms with van der Waals surface area (Å²) in [5.74, 6) is -0.332. The molecule has 2 atom stereocenters. The number of nitrogens with two attached hydrogens (primary N) is 1. The fourth-order valence-corrected chi connectivity index (χ4v) is 1.60. The normalized spacial score (nSPS) is 14.5. The molecular weight excluding hydrogens is 236 g/mol. The second-order valence-electron chi connectivity index (χ2n) is 2.96. The molecule has 0 fully saturated rings. The number of carbonyl (C=O) groups excluding carboxylic acids is 1. The molecule has 2 unspecified atom stereocenters. The summed E-state index contributed by atoms with van der Waals surface area (Å²) in [5, 5.41) is 10.1. The number of nitrogens with zero attached hydrogens (tertiary/aromatic N) is 2. The standard InChI is InChI=1S/C7H12N4O2S2/c1-4(15(2)13)3-9-5(12)6-10-11-7(8)14-6/h4H,3H2,1-2H3,(H2,8,11)(H,9,12). The number of rotatable bonds is 4. The quantitative estimate of drug-likeness (QED) is 0.756. The van der Waals surface area contributed by atoms with Crippen LogP contribution in [0.5, 0.6) is 0 Å². The number of hydrogen-bond donors (Lipinski definition) is 2. The summed E-state index contributed by atoms with van der Waals surface area (Å²) in [6, 6.07) is 0. The molecule has 1 amide bonds. The van der Waals surface area contributed by atoms with Gasteiger partial charge >= 0.3 is 0 Å². The van der Waals surface area contributed by atoms with Crippen molar-refractivity contribution in [1.82, 2.24) is 15.5 Å². The maximum absolute atomic E-state index is 11.4. The predicted molar refractivity (Wildman–Crippen MR) is 60.2 cm³/mol. The summed E-state index contributed by atoms with van der Waals surface area (Å²) in [6.45, 7) is 2.15. The summed E-state index contributed by atoms with van der Waals surface area (Å²) in [6.07, 6.45) is 1.60. The predicted octanol–water partition coefficient (Wildman–Crippen LogP) is -0.383. The summed E-state index contributed by atoms with van der Waals surface area (Å²) >= 11 is 1.02. The van der Waals surface area contributed by atoms with Crippen molar-refractivity contribution in [2.75, 3.05) is 18.5 Å². The molecule has 84 valence electrons. The molecule has 0 bridgehead atoms. The van der Waals surface area contributed by atoms with E-state index in [4.69, 9.17) is 5.73 Å². The number of aromatic nitrogens is 2. The number of amides is 1. The van der Waals surface area contributed by atoms with E-state index < -0.39 is 10.8 Å². The van der Waals surface area contributed by atoms with Gasteiger partial charge in [0, 0.05) is 28.9 Å². The minimum absolute atomic E-state index is 0.0841. The Morgan fingerprint density at radius 1 is 1.67 bits per heavy atom. The van der Waals surface area contributed by atoms with Crippen molar-refractivity contribution >= 4 is 33.2 Å². The molecule has 0 saturated carbocycles. The van der Waals surface area contributed by atoms with Crippen LogP contribution < -0.4 is 11.1 Å². The lowest BCUT2D eigenvalue weighted by molar-refractivity contribution is 0.0953. The van der Waals surface area contributed by atoms with E-state index in [0.717, 1.165) is 11.3 Å². The van der Waals surface area contributed by atoms with Crippen molar-refractivity contribution in [2.24, 2.45) is 0 Å². The van der Waals surface area contributed by atoms with Crippen molar-refractivity contribution in [1.29, 1.82) is 0 Å². The number of carbonyl (C=O) groups is 1. The molecule has 15 heavy (non-hydrogen) atoms. The van der Waals surface area contributed by atoms with Gasteiger partial charge in [-0.3, -0.25) is 9.00 Å². The highest BCUT2D eigenvalue weighted by atomic mass is 32.2. The molecule has 0 saturated heterocycles. The third kappa shape index (κ3) is 3.56. The van der Waals surface area contributed by atoms with E-state index in [1.54, 1.807) is 13.2 Å². The second kappa shape index (κ2) is 5.17. The number of nitrogens with one attached hydrogen (secondary N) is 1. The topological polar surface area (TPSA) is 98.0 Å². The lowest BCUT2D eigenvalue weighted by atomic mass is 10.4. The van der Waals surface area contributed by atoms with Crippen LogP contribution in [0.15, 0.2) is 0 Å². The molecule has 0 aliphatic carbocycles. The Morgan fingerprint density at radius 2 is 2.33 bits per heavy atom. The lowest BCUT2D eigenvalue weighted by Gasteiger charge is -2.07. The smallest absolute Gasteiger partial charge is 0.282 e. The average Bonchev–Trinajstić information content (AvgIpc) is 2.60. The average molecular weight is 248 g/mol. The maximum atomic E-state index is 11.4. The Labute approximate surface area is 93.7 Å². The van der Waals surface area contributed by atoms with Gasteiger partial charge < -0.3 is 11.1 Å². The molecule has 6 nitrogen and oxygen atoms in total. The highest BCUT2D eigenvalue weighted by molar-refractivity contribution is 7.84. The van der Waals surface area contributed by atoms with Gasteiger partial charge in [-0.15, -0.1) is 10.2 Å². The van der Waals surface area contributed by atoms with Crippen molar-refractivity contribution in [2.45, 2.75) is 12.2 Å². The van der Waals surface area contributed by atoms with Gasteiger partial charge in [-0.05, 0) is 6.92 Å². The van der Waals surface area contributed by atoms with Gasteiger partial charge in [-0.25, -0.2) is 0 Å². The summed E-state index contributed by atoms with van der Waals surface area (Å²) in [4.78, 5) is 11.4. The molecule has 0 aliphatic heterocycles. The van der Waals surface area contributed by atoms with E-state index in [0.29, 0.717) is 6.54 Å². The van der Waals surface area contributed by atoms with Gasteiger partial charge in [-0.2, -0.15) is 0 Å². The summed E-state index contributed by atoms with van der Waals surface area (Å²) in [7, 11) is -0.950. The van der Waals surface area contributed by atoms with Crippen molar-refractivity contribution in [3.8, 4) is 0 Å². The van der Waals surface area contributed by atoms with Gasteiger partial charge in [0.15, 0.2) is 0 Å². The van der Waals surface area contributed by atoms with E-state index >= 15 is 0 Å². The van der Waals surface area contributed by atoms with E-state index in [1.807, 2.05) is 0 Å². The van der Waals surface area contributed by atoms with E-state index in [1.165, 1.54) is 0 Å². The van der Waals surface area contributed by atoms with Crippen molar-refractivity contribution < 1.29 is 9.00 Å². The first kappa shape index (κ1) is 12.1. The molecule has 3 N–H and O–H groups in total. The van der Waals surface area contributed by atoms with Crippen LogP contribution in [-0.2, 0) is 10.8 Å². The van der Waals surface area contributed by atoms with E-state index in [-0.39, 0.29) is 21.3 Å². The van der Waals surface area contributed by atoms with Crippen molar-refractivity contribution in [3.63, 3.8) is 0 Å². The molecule has 1 rings (SSSR count). The fraction of sp³-hybridized carbons (Fsp3) is 0.571. The van der Waals surface area contributed by atoms with Gasteiger partial charge in [0.1, 0.15) is 0 Å². The molecular formula is C7H12N4O2S2. The Hall–Kier alpha value is -1.02. The zero-order chi connectivity index (χ0) is 11.4. The number of hydrogen-bond acceptors (Lipinski definition) is 6. The molecule has 1 aromatic heterocycles. The van der Waals surface area contributed by atoms with Gasteiger partial charge in [0.05, 0.1) is 0 Å². The van der Waals surface area contributed by atoms with Crippen LogP contribution in [0.25, 0.3) is 0 Å². The van der Waals surface area contributed by atoms with Crippen LogP contribution in [-0.4, -0.2) is 38.4 Å². The van der Waals surface area contributed by atoms with Crippen LogP contribution in [0, 0.1) is 0 Å². The first-order chi connectivity index (χ1) is 7.00. The zero-order valence-electron chi connectivity index (χ0n) is 8.39. The maximum Gasteiger partial charge on any atom is 0.282 e. The van der Waals surface area contributed by atoms with Gasteiger partial charge in [-0.1, -0.05) is 11.3 Å². The number of anilines is 1. The van der Waals surface area contributed by atoms with Crippen molar-refractivity contribution in [3.05, 3.63) is 5.01 Å². The Morgan fingerprint density at radius 3 is 2.80 bits per heavy atom. The molecule has 8 heteroatoms. The third-order valence-electron chi connectivity index (χ3n) is 1.75. The number of nitrogen functional groups attached to an aromatic ring is 1. The summed E-state index contributed by atoms with van der Waals surface area (Å²) < 4.78 is 11.0. The molecule has 0 radical (unpaired) electrons. The lowest BCUT2D eigenvalue weighted by Crippen LogP contribution is -2.32.